The summed E-state index contributed by atoms with van der Waals surface area (Å²) >= 11 is 0. The number of rotatable bonds is 4. The molecule has 0 amide bonds. The molecule has 1 aromatic carbocycles. The van der Waals surface area contributed by atoms with E-state index in [1.54, 1.807) is 7.11 Å². The Labute approximate surface area is 114 Å². The molecule has 0 spiro atoms. The summed E-state index contributed by atoms with van der Waals surface area (Å²) in [6.45, 7) is 3.57. The van der Waals surface area contributed by atoms with Gasteiger partial charge in [-0.25, -0.2) is 0 Å². The van der Waals surface area contributed by atoms with Gasteiger partial charge in [-0.2, -0.15) is 0 Å². The highest BCUT2D eigenvalue weighted by Gasteiger charge is 2.33. The zero-order valence-corrected chi connectivity index (χ0v) is 11.5. The highest BCUT2D eigenvalue weighted by molar-refractivity contribution is 5.74. The SMILES string of the molecule is COc1ccc(CN2CCCC(C)C2C(=O)O)cc1. The lowest BCUT2D eigenvalue weighted by atomic mass is 9.90. The molecule has 0 radical (unpaired) electrons. The first kappa shape index (κ1) is 13.9. The second kappa shape index (κ2) is 6.06. The van der Waals surface area contributed by atoms with Crippen LogP contribution in [0.5, 0.6) is 5.75 Å². The van der Waals surface area contributed by atoms with E-state index in [9.17, 15) is 9.90 Å². The van der Waals surface area contributed by atoms with E-state index in [-0.39, 0.29) is 12.0 Å². The topological polar surface area (TPSA) is 49.8 Å². The van der Waals surface area contributed by atoms with Crippen molar-refractivity contribution in [2.24, 2.45) is 5.92 Å². The van der Waals surface area contributed by atoms with Gasteiger partial charge >= 0.3 is 5.97 Å². The van der Waals surface area contributed by atoms with Crippen LogP contribution >= 0.6 is 0 Å². The summed E-state index contributed by atoms with van der Waals surface area (Å²) in [7, 11) is 1.64. The Morgan fingerprint density at radius 2 is 2.11 bits per heavy atom. The number of ether oxygens (including phenoxy) is 1. The highest BCUT2D eigenvalue weighted by atomic mass is 16.5. The number of likely N-dealkylation sites (tertiary alicyclic amines) is 1. The normalized spacial score (nSPS) is 24.1. The van der Waals surface area contributed by atoms with Gasteiger partial charge in [-0.15, -0.1) is 0 Å². The molecule has 4 nitrogen and oxygen atoms in total. The lowest BCUT2D eigenvalue weighted by Gasteiger charge is -2.37. The lowest BCUT2D eigenvalue weighted by Crippen LogP contribution is -2.48. The van der Waals surface area contributed by atoms with Gasteiger partial charge in [-0.3, -0.25) is 9.69 Å². The molecule has 1 saturated heterocycles. The predicted molar refractivity (Wildman–Crippen MR) is 73.2 cm³/mol. The Kier molecular flexibility index (Phi) is 4.43. The number of carboxylic acid groups (broad SMARTS) is 1. The summed E-state index contributed by atoms with van der Waals surface area (Å²) < 4.78 is 5.13. The largest absolute Gasteiger partial charge is 0.497 e. The van der Waals surface area contributed by atoms with E-state index in [2.05, 4.69) is 4.90 Å². The monoisotopic (exact) mass is 263 g/mol. The standard InChI is InChI=1S/C15H21NO3/c1-11-4-3-9-16(14(11)15(17)18)10-12-5-7-13(19-2)8-6-12/h5-8,11,14H,3-4,9-10H2,1-2H3,(H,17,18). The molecule has 2 rings (SSSR count). The van der Waals surface area contributed by atoms with Crippen molar-refractivity contribution >= 4 is 5.97 Å². The van der Waals surface area contributed by atoms with Gasteiger partial charge in [0.05, 0.1) is 7.11 Å². The minimum absolute atomic E-state index is 0.212. The average Bonchev–Trinajstić information content (AvgIpc) is 2.39. The van der Waals surface area contributed by atoms with E-state index in [4.69, 9.17) is 4.74 Å². The number of carbonyl (C=O) groups is 1. The van der Waals surface area contributed by atoms with Crippen LogP contribution in [-0.4, -0.2) is 35.7 Å². The molecule has 104 valence electrons. The first-order valence-corrected chi connectivity index (χ1v) is 6.71. The van der Waals surface area contributed by atoms with Crippen LogP contribution in [0.25, 0.3) is 0 Å². The summed E-state index contributed by atoms with van der Waals surface area (Å²) in [4.78, 5) is 13.5. The first-order chi connectivity index (χ1) is 9.11. The van der Waals surface area contributed by atoms with E-state index >= 15 is 0 Å². The number of hydrogen-bond acceptors (Lipinski definition) is 3. The molecular weight excluding hydrogens is 242 g/mol. The Balaban J connectivity index is 2.08. The summed E-state index contributed by atoms with van der Waals surface area (Å²) in [6.07, 6.45) is 2.07. The van der Waals surface area contributed by atoms with E-state index < -0.39 is 5.97 Å². The molecule has 0 aromatic heterocycles. The quantitative estimate of drug-likeness (QED) is 0.906. The zero-order chi connectivity index (χ0) is 13.8. The van der Waals surface area contributed by atoms with Gasteiger partial charge in [-0.1, -0.05) is 19.1 Å². The molecule has 1 aromatic rings. The fourth-order valence-electron chi connectivity index (χ4n) is 2.82. The number of aliphatic carboxylic acids is 1. The third-order valence-corrected chi connectivity index (χ3v) is 3.83. The molecule has 0 saturated carbocycles. The molecule has 1 fully saturated rings. The van der Waals surface area contributed by atoms with Crippen LogP contribution in [0, 0.1) is 5.92 Å². The number of benzene rings is 1. The highest BCUT2D eigenvalue weighted by Crippen LogP contribution is 2.25. The molecule has 4 heteroatoms. The fraction of sp³-hybridized carbons (Fsp3) is 0.533. The zero-order valence-electron chi connectivity index (χ0n) is 11.5. The van der Waals surface area contributed by atoms with Crippen molar-refractivity contribution < 1.29 is 14.6 Å². The smallest absolute Gasteiger partial charge is 0.321 e. The molecule has 0 aliphatic carbocycles. The summed E-state index contributed by atoms with van der Waals surface area (Å²) in [5.74, 6) is 0.329. The fourth-order valence-corrected chi connectivity index (χ4v) is 2.82. The van der Waals surface area contributed by atoms with Gasteiger partial charge in [0.25, 0.3) is 0 Å². The summed E-state index contributed by atoms with van der Waals surface area (Å²) in [5.41, 5.74) is 1.13. The van der Waals surface area contributed by atoms with Gasteiger partial charge in [0.1, 0.15) is 11.8 Å². The molecule has 1 aliphatic heterocycles. The van der Waals surface area contributed by atoms with Gasteiger partial charge in [0.15, 0.2) is 0 Å². The van der Waals surface area contributed by atoms with Crippen molar-refractivity contribution in [3.8, 4) is 5.75 Å². The third kappa shape index (κ3) is 3.26. The second-order valence-corrected chi connectivity index (χ2v) is 5.22. The summed E-state index contributed by atoms with van der Waals surface area (Å²) in [5, 5.41) is 9.38. The number of nitrogens with zero attached hydrogens (tertiary/aromatic N) is 1. The summed E-state index contributed by atoms with van der Waals surface area (Å²) in [6, 6.07) is 7.46. The van der Waals surface area contributed by atoms with Gasteiger partial charge in [0.2, 0.25) is 0 Å². The molecule has 2 unspecified atom stereocenters. The minimum atomic E-state index is -0.708. The van der Waals surface area contributed by atoms with Crippen molar-refractivity contribution in [1.82, 2.24) is 4.90 Å². The van der Waals surface area contributed by atoms with Crippen molar-refractivity contribution in [2.75, 3.05) is 13.7 Å². The lowest BCUT2D eigenvalue weighted by molar-refractivity contribution is -0.147. The van der Waals surface area contributed by atoms with Crippen LogP contribution in [0.2, 0.25) is 0 Å². The molecule has 1 N–H and O–H groups in total. The van der Waals surface area contributed by atoms with Crippen LogP contribution in [0.15, 0.2) is 24.3 Å². The van der Waals surface area contributed by atoms with Crippen LogP contribution < -0.4 is 4.74 Å². The number of piperidine rings is 1. The van der Waals surface area contributed by atoms with Crippen molar-refractivity contribution in [3.05, 3.63) is 29.8 Å². The Morgan fingerprint density at radius 1 is 1.42 bits per heavy atom. The molecular formula is C15H21NO3. The Morgan fingerprint density at radius 3 is 2.68 bits per heavy atom. The number of methoxy groups -OCH3 is 1. The van der Waals surface area contributed by atoms with Gasteiger partial charge in [-0.05, 0) is 43.0 Å². The maximum atomic E-state index is 11.4. The van der Waals surface area contributed by atoms with E-state index in [1.807, 2.05) is 31.2 Å². The third-order valence-electron chi connectivity index (χ3n) is 3.83. The Bertz CT molecular complexity index is 430. The molecule has 2 atom stereocenters. The van der Waals surface area contributed by atoms with Gasteiger partial charge in [0, 0.05) is 6.54 Å². The van der Waals surface area contributed by atoms with E-state index in [1.165, 1.54) is 0 Å². The van der Waals surface area contributed by atoms with E-state index in [0.717, 1.165) is 30.7 Å². The number of carboxylic acids is 1. The first-order valence-electron chi connectivity index (χ1n) is 6.71. The maximum absolute atomic E-state index is 11.4. The maximum Gasteiger partial charge on any atom is 0.321 e. The Hall–Kier alpha value is -1.55. The van der Waals surface area contributed by atoms with Crippen LogP contribution in [0.4, 0.5) is 0 Å². The second-order valence-electron chi connectivity index (χ2n) is 5.22. The van der Waals surface area contributed by atoms with Crippen molar-refractivity contribution in [2.45, 2.75) is 32.4 Å². The average molecular weight is 263 g/mol. The van der Waals surface area contributed by atoms with Crippen LogP contribution in [-0.2, 0) is 11.3 Å². The van der Waals surface area contributed by atoms with Gasteiger partial charge < -0.3 is 9.84 Å². The molecule has 1 heterocycles. The number of hydrogen-bond donors (Lipinski definition) is 1. The molecule has 1 aliphatic rings. The minimum Gasteiger partial charge on any atom is -0.497 e. The molecule has 0 bridgehead atoms. The van der Waals surface area contributed by atoms with Crippen LogP contribution in [0.1, 0.15) is 25.3 Å². The predicted octanol–water partition coefficient (Wildman–Crippen LogP) is 2.38. The van der Waals surface area contributed by atoms with Crippen molar-refractivity contribution in [3.63, 3.8) is 0 Å². The van der Waals surface area contributed by atoms with Crippen molar-refractivity contribution in [1.29, 1.82) is 0 Å². The van der Waals surface area contributed by atoms with E-state index in [0.29, 0.717) is 6.54 Å². The van der Waals surface area contributed by atoms with Crippen LogP contribution in [0.3, 0.4) is 0 Å². The molecule has 19 heavy (non-hydrogen) atoms.